The highest BCUT2D eigenvalue weighted by molar-refractivity contribution is 7.09. The first kappa shape index (κ1) is 14.6. The van der Waals surface area contributed by atoms with Gasteiger partial charge in [-0.05, 0) is 18.6 Å². The lowest BCUT2D eigenvalue weighted by Gasteiger charge is -2.13. The highest BCUT2D eigenvalue weighted by Gasteiger charge is 2.34. The Kier molecular flexibility index (Phi) is 4.12. The molecule has 1 atom stereocenters. The van der Waals surface area contributed by atoms with E-state index < -0.39 is 17.9 Å². The van der Waals surface area contributed by atoms with Gasteiger partial charge in [-0.25, -0.2) is 4.98 Å². The zero-order valence-electron chi connectivity index (χ0n) is 10.5. The van der Waals surface area contributed by atoms with E-state index in [1.54, 1.807) is 25.3 Å². The van der Waals surface area contributed by atoms with Crippen LogP contribution in [0.5, 0.6) is 0 Å². The Morgan fingerprint density at radius 1 is 1.55 bits per heavy atom. The lowest BCUT2D eigenvalue weighted by Crippen LogP contribution is -2.28. The van der Waals surface area contributed by atoms with Crippen LogP contribution in [0.2, 0.25) is 0 Å². The van der Waals surface area contributed by atoms with E-state index >= 15 is 0 Å². The molecule has 2 rings (SSSR count). The minimum absolute atomic E-state index is 0.250. The van der Waals surface area contributed by atoms with Crippen LogP contribution in [0.1, 0.15) is 40.6 Å². The molecule has 0 bridgehead atoms. The smallest absolute Gasteiger partial charge is 0.357 e. The average molecular weight is 303 g/mol. The number of halogens is 3. The molecule has 8 heteroatoms. The van der Waals surface area contributed by atoms with E-state index in [1.165, 1.54) is 0 Å². The number of rotatable bonds is 4. The highest BCUT2D eigenvalue weighted by atomic mass is 32.1. The molecular weight excluding hydrogens is 291 g/mol. The molecule has 2 heterocycles. The van der Waals surface area contributed by atoms with Crippen LogP contribution in [0.15, 0.2) is 23.7 Å². The molecule has 0 spiro atoms. The van der Waals surface area contributed by atoms with E-state index in [0.717, 1.165) is 16.7 Å². The summed E-state index contributed by atoms with van der Waals surface area (Å²) in [6, 6.07) is 2.72. The number of carbonyl (C=O) groups is 1. The highest BCUT2D eigenvalue weighted by Crippen LogP contribution is 2.32. The summed E-state index contributed by atoms with van der Waals surface area (Å²) in [7, 11) is 0. The van der Waals surface area contributed by atoms with Gasteiger partial charge in [0.25, 0.3) is 5.91 Å². The summed E-state index contributed by atoms with van der Waals surface area (Å²) in [5, 5.41) is 3.87. The van der Waals surface area contributed by atoms with Crippen molar-refractivity contribution in [2.24, 2.45) is 0 Å². The van der Waals surface area contributed by atoms with Crippen LogP contribution in [0.3, 0.4) is 0 Å². The van der Waals surface area contributed by atoms with Crippen molar-refractivity contribution in [3.8, 4) is 0 Å². The van der Waals surface area contributed by atoms with Crippen molar-refractivity contribution in [3.63, 3.8) is 0 Å². The maximum absolute atomic E-state index is 12.5. The van der Waals surface area contributed by atoms with Gasteiger partial charge in [-0.3, -0.25) is 4.79 Å². The summed E-state index contributed by atoms with van der Waals surface area (Å²) >= 11 is 0.892. The van der Waals surface area contributed by atoms with Crippen LogP contribution in [-0.4, -0.2) is 15.9 Å². The van der Waals surface area contributed by atoms with E-state index in [2.05, 4.69) is 15.3 Å². The second-order valence-corrected chi connectivity index (χ2v) is 4.98. The Morgan fingerprint density at radius 2 is 2.30 bits per heavy atom. The summed E-state index contributed by atoms with van der Waals surface area (Å²) < 4.78 is 37.5. The summed E-state index contributed by atoms with van der Waals surface area (Å²) in [4.78, 5) is 18.2. The van der Waals surface area contributed by atoms with E-state index in [-0.39, 0.29) is 10.9 Å². The van der Waals surface area contributed by atoms with Crippen molar-refractivity contribution < 1.29 is 18.0 Å². The number of nitrogens with zero attached hydrogens (tertiary/aromatic N) is 1. The van der Waals surface area contributed by atoms with Crippen molar-refractivity contribution in [2.45, 2.75) is 25.6 Å². The molecule has 2 aromatic rings. The number of aromatic nitrogens is 2. The van der Waals surface area contributed by atoms with Crippen molar-refractivity contribution in [2.75, 3.05) is 0 Å². The molecule has 0 saturated heterocycles. The van der Waals surface area contributed by atoms with Crippen LogP contribution >= 0.6 is 11.3 Å². The predicted octanol–water partition coefficient (Wildman–Crippen LogP) is 3.37. The number of nitrogens with one attached hydrogen (secondary N) is 2. The Labute approximate surface area is 117 Å². The molecule has 0 aliphatic carbocycles. The van der Waals surface area contributed by atoms with Crippen LogP contribution in [0.25, 0.3) is 0 Å². The summed E-state index contributed by atoms with van der Waals surface area (Å²) in [6.45, 7) is 1.77. The first-order valence-electron chi connectivity index (χ1n) is 5.88. The molecule has 0 saturated carbocycles. The van der Waals surface area contributed by atoms with Gasteiger partial charge in [-0.2, -0.15) is 13.2 Å². The van der Waals surface area contributed by atoms with Crippen LogP contribution in [0, 0.1) is 0 Å². The van der Waals surface area contributed by atoms with Crippen molar-refractivity contribution >= 4 is 17.2 Å². The number of thiazole rings is 1. The topological polar surface area (TPSA) is 57.8 Å². The van der Waals surface area contributed by atoms with Gasteiger partial charge in [-0.1, -0.05) is 6.92 Å². The summed E-state index contributed by atoms with van der Waals surface area (Å²) in [6.07, 6.45) is -2.41. The molecule has 2 N–H and O–H groups in total. The quantitative estimate of drug-likeness (QED) is 0.910. The molecule has 0 aliphatic rings. The van der Waals surface area contributed by atoms with Gasteiger partial charge >= 0.3 is 6.18 Å². The molecule has 1 amide bonds. The molecule has 1 unspecified atom stereocenters. The third kappa shape index (κ3) is 3.19. The van der Waals surface area contributed by atoms with Gasteiger partial charge in [0.15, 0.2) is 5.69 Å². The summed E-state index contributed by atoms with van der Waals surface area (Å²) in [5.74, 6) is -0.370. The van der Waals surface area contributed by atoms with E-state index in [4.69, 9.17) is 0 Å². The maximum Gasteiger partial charge on any atom is 0.434 e. The standard InChI is InChI=1S/C12H12F3N3OS/c1-2-7(17-10(19)8-4-3-5-16-8)11-18-9(6-20-11)12(13,14)15/h3-7,16H,2H2,1H3,(H,17,19). The molecule has 0 fully saturated rings. The second-order valence-electron chi connectivity index (χ2n) is 4.09. The van der Waals surface area contributed by atoms with E-state index in [1.807, 2.05) is 0 Å². The van der Waals surface area contributed by atoms with Crippen LogP contribution in [0.4, 0.5) is 13.2 Å². The SMILES string of the molecule is CCC(NC(=O)c1ccc[nH]1)c1nc(C(F)(F)F)cs1. The van der Waals surface area contributed by atoms with Gasteiger partial charge in [0.2, 0.25) is 0 Å². The second kappa shape index (κ2) is 5.66. The average Bonchev–Trinajstić information content (AvgIpc) is 3.04. The molecule has 0 aliphatic heterocycles. The minimum atomic E-state index is -4.46. The Morgan fingerprint density at radius 3 is 2.80 bits per heavy atom. The van der Waals surface area contributed by atoms with Crippen LogP contribution < -0.4 is 5.32 Å². The van der Waals surface area contributed by atoms with Crippen LogP contribution in [-0.2, 0) is 6.18 Å². The number of hydrogen-bond donors (Lipinski definition) is 2. The van der Waals surface area contributed by atoms with Crippen molar-refractivity contribution in [1.29, 1.82) is 0 Å². The molecule has 4 nitrogen and oxygen atoms in total. The lowest BCUT2D eigenvalue weighted by atomic mass is 10.2. The number of H-pyrrole nitrogens is 1. The molecule has 0 radical (unpaired) electrons. The van der Waals surface area contributed by atoms with Gasteiger partial charge in [-0.15, -0.1) is 11.3 Å². The third-order valence-corrected chi connectivity index (χ3v) is 3.63. The molecule has 0 aromatic carbocycles. The number of aromatic amines is 1. The van der Waals surface area contributed by atoms with Gasteiger partial charge < -0.3 is 10.3 Å². The Hall–Kier alpha value is -1.83. The fraction of sp³-hybridized carbons (Fsp3) is 0.333. The fourth-order valence-corrected chi connectivity index (χ4v) is 2.58. The summed E-state index contributed by atoms with van der Waals surface area (Å²) in [5.41, 5.74) is -0.568. The van der Waals surface area contributed by atoms with Crippen molar-refractivity contribution in [1.82, 2.24) is 15.3 Å². The third-order valence-electron chi connectivity index (χ3n) is 2.67. The van der Waals surface area contributed by atoms with Gasteiger partial charge in [0.05, 0.1) is 6.04 Å². The van der Waals surface area contributed by atoms with Crippen molar-refractivity contribution in [3.05, 3.63) is 40.1 Å². The zero-order valence-corrected chi connectivity index (χ0v) is 11.3. The molecule has 20 heavy (non-hydrogen) atoms. The fourth-order valence-electron chi connectivity index (χ4n) is 1.62. The van der Waals surface area contributed by atoms with E-state index in [9.17, 15) is 18.0 Å². The first-order chi connectivity index (χ1) is 9.41. The number of amides is 1. The first-order valence-corrected chi connectivity index (χ1v) is 6.76. The predicted molar refractivity (Wildman–Crippen MR) is 68.4 cm³/mol. The largest absolute Gasteiger partial charge is 0.434 e. The number of carbonyl (C=O) groups excluding carboxylic acids is 1. The van der Waals surface area contributed by atoms with Gasteiger partial charge in [0, 0.05) is 11.6 Å². The molecule has 108 valence electrons. The minimum Gasteiger partial charge on any atom is -0.357 e. The number of hydrogen-bond acceptors (Lipinski definition) is 3. The van der Waals surface area contributed by atoms with E-state index in [0.29, 0.717) is 12.1 Å². The Balaban J connectivity index is 2.12. The molecular formula is C12H12F3N3OS. The molecule has 2 aromatic heterocycles. The number of alkyl halides is 3. The normalized spacial score (nSPS) is 13.2. The zero-order chi connectivity index (χ0) is 14.8. The maximum atomic E-state index is 12.5. The lowest BCUT2D eigenvalue weighted by molar-refractivity contribution is -0.140. The monoisotopic (exact) mass is 303 g/mol. The van der Waals surface area contributed by atoms with Gasteiger partial charge in [0.1, 0.15) is 10.7 Å². The Bertz CT molecular complexity index is 577.